The molecule has 0 radical (unpaired) electrons. The lowest BCUT2D eigenvalue weighted by Crippen LogP contribution is -2.46. The molecule has 106 valence electrons. The average Bonchev–Trinajstić information content (AvgIpc) is 2.56. The third-order valence-corrected chi connectivity index (χ3v) is 3.79. The molecule has 21 heavy (non-hydrogen) atoms. The van der Waals surface area contributed by atoms with Gasteiger partial charge in [-0.1, -0.05) is 6.57 Å². The Bertz CT molecular complexity index is 634. The fraction of sp³-hybridized carbons (Fsp3) is 0.250. The molecule has 0 aliphatic carbocycles. The lowest BCUT2D eigenvalue weighted by Gasteiger charge is -2.36. The Morgan fingerprint density at radius 3 is 2.00 bits per heavy atom. The maximum Gasteiger partial charge on any atom is 0.269 e. The summed E-state index contributed by atoms with van der Waals surface area (Å²) in [5.41, 5.74) is 7.31. The van der Waals surface area contributed by atoms with Gasteiger partial charge >= 0.3 is 0 Å². The van der Waals surface area contributed by atoms with E-state index in [1.54, 1.807) is 12.3 Å². The summed E-state index contributed by atoms with van der Waals surface area (Å²) in [6.07, 6.45) is 1.79. The Balaban J connectivity index is 1.64. The first kappa shape index (κ1) is 13.4. The van der Waals surface area contributed by atoms with Crippen LogP contribution in [0.1, 0.15) is 0 Å². The lowest BCUT2D eigenvalue weighted by molar-refractivity contribution is -0.254. The molecule has 0 amide bonds. The summed E-state index contributed by atoms with van der Waals surface area (Å²) in [7, 11) is 0. The third kappa shape index (κ3) is 2.96. The molecule has 1 aromatic carbocycles. The molecule has 0 saturated carbocycles. The first-order valence-electron chi connectivity index (χ1n) is 7.02. The summed E-state index contributed by atoms with van der Waals surface area (Å²) in [4.78, 5) is 12.2. The van der Waals surface area contributed by atoms with Crippen LogP contribution in [0.2, 0.25) is 0 Å². The number of piperazine rings is 1. The molecule has 5 heteroatoms. The van der Waals surface area contributed by atoms with Gasteiger partial charge in [-0.15, -0.1) is 4.98 Å². The number of anilines is 2. The maximum absolute atomic E-state index is 6.93. The SMILES string of the molecule is [C-]#[N+]c1ccc(N2CCN(c3ccc([NH3+])cc3)CC2)cn1. The van der Waals surface area contributed by atoms with Crippen molar-refractivity contribution < 1.29 is 5.73 Å². The second kappa shape index (κ2) is 5.81. The van der Waals surface area contributed by atoms with Gasteiger partial charge in [0, 0.05) is 44.0 Å². The molecule has 0 unspecified atom stereocenters. The summed E-state index contributed by atoms with van der Waals surface area (Å²) in [6, 6.07) is 12.1. The van der Waals surface area contributed by atoms with Gasteiger partial charge in [-0.05, 0) is 24.3 Å². The fourth-order valence-corrected chi connectivity index (χ4v) is 2.56. The minimum absolute atomic E-state index is 0.450. The Morgan fingerprint density at radius 2 is 1.48 bits per heavy atom. The van der Waals surface area contributed by atoms with E-state index in [0.717, 1.165) is 37.6 Å². The number of pyridine rings is 1. The van der Waals surface area contributed by atoms with E-state index in [9.17, 15) is 0 Å². The minimum atomic E-state index is 0.450. The monoisotopic (exact) mass is 280 g/mol. The Hall–Kier alpha value is -2.58. The van der Waals surface area contributed by atoms with Crippen molar-refractivity contribution in [3.8, 4) is 0 Å². The minimum Gasteiger partial charge on any atom is -0.368 e. The number of hydrogen-bond donors (Lipinski definition) is 1. The average molecular weight is 280 g/mol. The van der Waals surface area contributed by atoms with E-state index in [2.05, 4.69) is 49.6 Å². The first-order valence-corrected chi connectivity index (χ1v) is 7.02. The number of hydrogen-bond acceptors (Lipinski definition) is 3. The van der Waals surface area contributed by atoms with Crippen LogP contribution in [0, 0.1) is 6.57 Å². The first-order chi connectivity index (χ1) is 10.3. The van der Waals surface area contributed by atoms with Gasteiger partial charge in [0.25, 0.3) is 5.82 Å². The van der Waals surface area contributed by atoms with Crippen LogP contribution >= 0.6 is 0 Å². The molecule has 2 aromatic rings. The van der Waals surface area contributed by atoms with Crippen LogP contribution in [-0.2, 0) is 0 Å². The van der Waals surface area contributed by atoms with Crippen molar-refractivity contribution in [1.82, 2.24) is 4.98 Å². The van der Waals surface area contributed by atoms with E-state index in [1.165, 1.54) is 5.69 Å². The highest BCUT2D eigenvalue weighted by atomic mass is 15.3. The zero-order chi connectivity index (χ0) is 14.7. The van der Waals surface area contributed by atoms with E-state index >= 15 is 0 Å². The van der Waals surface area contributed by atoms with Gasteiger partial charge in [0.05, 0.1) is 5.69 Å². The predicted molar refractivity (Wildman–Crippen MR) is 83.9 cm³/mol. The second-order valence-corrected chi connectivity index (χ2v) is 5.13. The molecule has 3 rings (SSSR count). The van der Waals surface area contributed by atoms with Gasteiger partial charge in [-0.2, -0.15) is 0 Å². The summed E-state index contributed by atoms with van der Waals surface area (Å²) < 4.78 is 0. The van der Waals surface area contributed by atoms with Gasteiger partial charge in [0.2, 0.25) is 0 Å². The zero-order valence-corrected chi connectivity index (χ0v) is 11.9. The number of aromatic nitrogens is 1. The van der Waals surface area contributed by atoms with Crippen molar-refractivity contribution in [3.63, 3.8) is 0 Å². The van der Waals surface area contributed by atoms with Gasteiger partial charge in [0.15, 0.2) is 0 Å². The van der Waals surface area contributed by atoms with Crippen molar-refractivity contribution in [3.05, 3.63) is 54.0 Å². The van der Waals surface area contributed by atoms with Crippen LogP contribution in [0.25, 0.3) is 4.85 Å². The number of nitrogens with zero attached hydrogens (tertiary/aromatic N) is 4. The molecule has 5 nitrogen and oxygen atoms in total. The van der Waals surface area contributed by atoms with E-state index in [0.29, 0.717) is 5.82 Å². The predicted octanol–water partition coefficient (Wildman–Crippen LogP) is 1.83. The normalized spacial score (nSPS) is 14.9. The second-order valence-electron chi connectivity index (χ2n) is 5.13. The highest BCUT2D eigenvalue weighted by Crippen LogP contribution is 2.21. The standard InChI is InChI=1S/C16H17N5/c1-18-16-7-6-15(12-19-16)21-10-8-20(9-11-21)14-4-2-13(17)3-5-14/h2-7,12H,8-11,17H2/p+1. The van der Waals surface area contributed by atoms with Crippen LogP contribution in [0.5, 0.6) is 0 Å². The Labute approximate surface area is 124 Å². The molecule has 2 heterocycles. The number of quaternary nitrogens is 1. The fourth-order valence-electron chi connectivity index (χ4n) is 2.56. The van der Waals surface area contributed by atoms with E-state index < -0.39 is 0 Å². The molecule has 1 aliphatic rings. The molecule has 0 bridgehead atoms. The van der Waals surface area contributed by atoms with Crippen molar-refractivity contribution in [2.45, 2.75) is 0 Å². The quantitative estimate of drug-likeness (QED) is 0.854. The molecule has 1 aromatic heterocycles. The van der Waals surface area contributed by atoms with E-state index in [-0.39, 0.29) is 0 Å². The molecule has 1 fully saturated rings. The molecule has 1 saturated heterocycles. The van der Waals surface area contributed by atoms with Crippen molar-refractivity contribution in [2.24, 2.45) is 0 Å². The largest absolute Gasteiger partial charge is 0.368 e. The number of benzene rings is 1. The smallest absolute Gasteiger partial charge is 0.269 e. The van der Waals surface area contributed by atoms with Crippen LogP contribution in [0.3, 0.4) is 0 Å². The molecular formula is C16H18N5+. The van der Waals surface area contributed by atoms with Crippen LogP contribution in [-0.4, -0.2) is 31.2 Å². The van der Waals surface area contributed by atoms with Gasteiger partial charge < -0.3 is 20.4 Å². The van der Waals surface area contributed by atoms with Crippen LogP contribution in [0.15, 0.2) is 42.6 Å². The van der Waals surface area contributed by atoms with Gasteiger partial charge in [0.1, 0.15) is 11.9 Å². The Morgan fingerprint density at radius 1 is 0.905 bits per heavy atom. The lowest BCUT2D eigenvalue weighted by atomic mass is 10.2. The summed E-state index contributed by atoms with van der Waals surface area (Å²) in [6.45, 7) is 10.8. The summed E-state index contributed by atoms with van der Waals surface area (Å²) >= 11 is 0. The van der Waals surface area contributed by atoms with Crippen molar-refractivity contribution in [2.75, 3.05) is 36.0 Å². The molecular weight excluding hydrogens is 262 g/mol. The third-order valence-electron chi connectivity index (χ3n) is 3.79. The highest BCUT2D eigenvalue weighted by Gasteiger charge is 2.18. The summed E-state index contributed by atoms with van der Waals surface area (Å²) in [5, 5.41) is 0. The van der Waals surface area contributed by atoms with Crippen LogP contribution < -0.4 is 15.5 Å². The Kier molecular flexibility index (Phi) is 3.71. The van der Waals surface area contributed by atoms with Gasteiger partial charge in [-0.3, -0.25) is 0 Å². The summed E-state index contributed by atoms with van der Waals surface area (Å²) in [5.74, 6) is 0.450. The van der Waals surface area contributed by atoms with Crippen molar-refractivity contribution in [1.29, 1.82) is 0 Å². The molecule has 0 spiro atoms. The van der Waals surface area contributed by atoms with E-state index in [4.69, 9.17) is 6.57 Å². The van der Waals surface area contributed by atoms with E-state index in [1.807, 2.05) is 6.07 Å². The van der Waals surface area contributed by atoms with Crippen LogP contribution in [0.4, 0.5) is 22.9 Å². The zero-order valence-electron chi connectivity index (χ0n) is 11.9. The highest BCUT2D eigenvalue weighted by molar-refractivity contribution is 5.54. The van der Waals surface area contributed by atoms with Crippen molar-refractivity contribution >= 4 is 22.9 Å². The molecule has 1 aliphatic heterocycles. The topological polar surface area (TPSA) is 51.4 Å². The van der Waals surface area contributed by atoms with Gasteiger partial charge in [-0.25, -0.2) is 0 Å². The molecule has 3 N–H and O–H groups in total. The maximum atomic E-state index is 6.93. The molecule has 0 atom stereocenters. The number of rotatable bonds is 2.